The van der Waals surface area contributed by atoms with Gasteiger partial charge in [0.25, 0.3) is 0 Å². The van der Waals surface area contributed by atoms with Crippen molar-refractivity contribution in [1.82, 2.24) is 5.32 Å². The Balaban J connectivity index is 2.32. The van der Waals surface area contributed by atoms with Crippen LogP contribution in [0.4, 0.5) is 0 Å². The number of hydrogen-bond donors (Lipinski definition) is 1. The van der Waals surface area contributed by atoms with Crippen molar-refractivity contribution in [2.45, 2.75) is 19.4 Å². The van der Waals surface area contributed by atoms with Gasteiger partial charge in [-0.05, 0) is 75.2 Å². The van der Waals surface area contributed by atoms with Gasteiger partial charge in [0.1, 0.15) is 4.34 Å². The van der Waals surface area contributed by atoms with E-state index in [9.17, 15) is 0 Å². The minimum Gasteiger partial charge on any atom is -0.306 e. The molecule has 1 aromatic heterocycles. The van der Waals surface area contributed by atoms with Crippen molar-refractivity contribution in [3.05, 3.63) is 53.2 Å². The number of benzene rings is 1. The zero-order valence-electron chi connectivity index (χ0n) is 10.4. The zero-order valence-corrected chi connectivity index (χ0v) is 15.7. The summed E-state index contributed by atoms with van der Waals surface area (Å²) in [6, 6.07) is 11.0. The van der Waals surface area contributed by atoms with E-state index < -0.39 is 0 Å². The first kappa shape index (κ1) is 15.8. The number of nitrogens with one attached hydrogen (secondary N) is 1. The molecule has 0 aliphatic heterocycles. The van der Waals surface area contributed by atoms with E-state index in [0.717, 1.165) is 21.8 Å². The molecule has 0 saturated heterocycles. The van der Waals surface area contributed by atoms with E-state index >= 15 is 0 Å². The number of thiophene rings is 1. The van der Waals surface area contributed by atoms with Gasteiger partial charge < -0.3 is 5.32 Å². The zero-order chi connectivity index (χ0) is 13.8. The minimum absolute atomic E-state index is 0.214. The molecule has 1 unspecified atom stereocenters. The SMILES string of the molecule is CCCNC(c1ccc(I)cc1)c1cc(Br)c(Cl)s1. The fraction of sp³-hybridized carbons (Fsp3) is 0.286. The summed E-state index contributed by atoms with van der Waals surface area (Å²) < 4.78 is 3.03. The van der Waals surface area contributed by atoms with E-state index in [1.54, 1.807) is 11.3 Å². The molecule has 0 saturated carbocycles. The molecule has 1 nitrogen and oxygen atoms in total. The van der Waals surface area contributed by atoms with Crippen LogP contribution in [0.1, 0.15) is 29.8 Å². The van der Waals surface area contributed by atoms with Crippen LogP contribution in [0.15, 0.2) is 34.8 Å². The van der Waals surface area contributed by atoms with Crippen molar-refractivity contribution < 1.29 is 0 Å². The van der Waals surface area contributed by atoms with Gasteiger partial charge in [-0.3, -0.25) is 0 Å². The molecule has 2 rings (SSSR count). The van der Waals surface area contributed by atoms with Crippen molar-refractivity contribution in [3.8, 4) is 0 Å². The van der Waals surface area contributed by atoms with Crippen LogP contribution in [0.2, 0.25) is 4.34 Å². The fourth-order valence-corrected chi connectivity index (χ4v) is 4.03. The molecule has 0 radical (unpaired) electrons. The van der Waals surface area contributed by atoms with Gasteiger partial charge in [0.15, 0.2) is 0 Å². The van der Waals surface area contributed by atoms with Crippen LogP contribution >= 0.6 is 61.5 Å². The molecular formula is C14H14BrClINS. The Kier molecular flexibility index (Phi) is 6.14. The van der Waals surface area contributed by atoms with Crippen molar-refractivity contribution in [1.29, 1.82) is 0 Å². The number of rotatable bonds is 5. The third-order valence-corrected chi connectivity index (χ3v) is 6.01. The second-order valence-electron chi connectivity index (χ2n) is 4.21. The Bertz CT molecular complexity index is 521. The summed E-state index contributed by atoms with van der Waals surface area (Å²) in [5.41, 5.74) is 1.28. The van der Waals surface area contributed by atoms with Crippen LogP contribution < -0.4 is 5.32 Å². The highest BCUT2D eigenvalue weighted by atomic mass is 127. The average Bonchev–Trinajstić information content (AvgIpc) is 2.72. The van der Waals surface area contributed by atoms with Gasteiger partial charge >= 0.3 is 0 Å². The van der Waals surface area contributed by atoms with Gasteiger partial charge in [0.2, 0.25) is 0 Å². The third kappa shape index (κ3) is 4.17. The Morgan fingerprint density at radius 1 is 1.37 bits per heavy atom. The van der Waals surface area contributed by atoms with Crippen LogP contribution in [0.3, 0.4) is 0 Å². The normalized spacial score (nSPS) is 12.6. The number of hydrogen-bond acceptors (Lipinski definition) is 2. The molecule has 0 amide bonds. The fourth-order valence-electron chi connectivity index (χ4n) is 1.83. The molecule has 0 aliphatic carbocycles. The summed E-state index contributed by atoms with van der Waals surface area (Å²) in [4.78, 5) is 1.24. The summed E-state index contributed by atoms with van der Waals surface area (Å²) in [7, 11) is 0. The topological polar surface area (TPSA) is 12.0 Å². The predicted octanol–water partition coefficient (Wildman–Crippen LogP) is 5.86. The molecule has 0 aliphatic rings. The molecule has 2 aromatic rings. The van der Waals surface area contributed by atoms with Gasteiger partial charge in [-0.2, -0.15) is 0 Å². The Morgan fingerprint density at radius 2 is 2.05 bits per heavy atom. The van der Waals surface area contributed by atoms with Crippen molar-refractivity contribution in [2.24, 2.45) is 0 Å². The smallest absolute Gasteiger partial charge is 0.107 e. The lowest BCUT2D eigenvalue weighted by atomic mass is 10.1. The molecule has 1 heterocycles. The van der Waals surface area contributed by atoms with E-state index in [-0.39, 0.29) is 6.04 Å². The summed E-state index contributed by atoms with van der Waals surface area (Å²) in [6.07, 6.45) is 1.11. The molecule has 5 heteroatoms. The van der Waals surface area contributed by atoms with Gasteiger partial charge in [0, 0.05) is 12.9 Å². The Morgan fingerprint density at radius 3 is 2.58 bits per heavy atom. The first-order valence-electron chi connectivity index (χ1n) is 6.05. The second kappa shape index (κ2) is 7.41. The van der Waals surface area contributed by atoms with Gasteiger partial charge in [-0.15, -0.1) is 11.3 Å². The van der Waals surface area contributed by atoms with Crippen LogP contribution in [-0.2, 0) is 0 Å². The summed E-state index contributed by atoms with van der Waals surface area (Å²) in [5, 5.41) is 3.59. The maximum absolute atomic E-state index is 6.16. The molecular weight excluding hydrogens is 456 g/mol. The van der Waals surface area contributed by atoms with E-state index in [0.29, 0.717) is 0 Å². The van der Waals surface area contributed by atoms with Crippen LogP contribution in [-0.4, -0.2) is 6.54 Å². The number of halogens is 3. The van der Waals surface area contributed by atoms with E-state index in [1.807, 2.05) is 0 Å². The molecule has 1 aromatic carbocycles. The van der Waals surface area contributed by atoms with Crippen LogP contribution in [0.5, 0.6) is 0 Å². The predicted molar refractivity (Wildman–Crippen MR) is 96.3 cm³/mol. The summed E-state index contributed by atoms with van der Waals surface area (Å²) >= 11 is 13.6. The van der Waals surface area contributed by atoms with Crippen LogP contribution in [0, 0.1) is 3.57 Å². The quantitative estimate of drug-likeness (QED) is 0.540. The van der Waals surface area contributed by atoms with Crippen molar-refractivity contribution >= 4 is 61.5 Å². The molecule has 19 heavy (non-hydrogen) atoms. The van der Waals surface area contributed by atoms with Gasteiger partial charge in [-0.25, -0.2) is 0 Å². The average molecular weight is 471 g/mol. The van der Waals surface area contributed by atoms with Crippen LogP contribution in [0.25, 0.3) is 0 Å². The van der Waals surface area contributed by atoms with Crippen molar-refractivity contribution in [3.63, 3.8) is 0 Å². The highest BCUT2D eigenvalue weighted by Gasteiger charge is 2.17. The third-order valence-electron chi connectivity index (χ3n) is 2.75. The van der Waals surface area contributed by atoms with E-state index in [1.165, 1.54) is 14.0 Å². The van der Waals surface area contributed by atoms with Gasteiger partial charge in [-0.1, -0.05) is 30.7 Å². The van der Waals surface area contributed by atoms with E-state index in [4.69, 9.17) is 11.6 Å². The molecule has 0 bridgehead atoms. The lowest BCUT2D eigenvalue weighted by Crippen LogP contribution is -2.22. The monoisotopic (exact) mass is 469 g/mol. The lowest BCUT2D eigenvalue weighted by molar-refractivity contribution is 0.606. The van der Waals surface area contributed by atoms with Crippen molar-refractivity contribution in [2.75, 3.05) is 6.54 Å². The largest absolute Gasteiger partial charge is 0.306 e. The highest BCUT2D eigenvalue weighted by Crippen LogP contribution is 2.37. The maximum Gasteiger partial charge on any atom is 0.107 e. The summed E-state index contributed by atoms with van der Waals surface area (Å²) in [6.45, 7) is 3.17. The minimum atomic E-state index is 0.214. The first-order valence-corrected chi connectivity index (χ1v) is 9.12. The molecule has 102 valence electrons. The summed E-state index contributed by atoms with van der Waals surface area (Å²) in [5.74, 6) is 0. The Labute approximate surface area is 145 Å². The lowest BCUT2D eigenvalue weighted by Gasteiger charge is -2.17. The molecule has 0 spiro atoms. The maximum atomic E-state index is 6.16. The Hall–Kier alpha value is 0.380. The second-order valence-corrected chi connectivity index (χ2v) is 7.99. The molecule has 0 fully saturated rings. The molecule has 1 N–H and O–H groups in total. The molecule has 1 atom stereocenters. The van der Waals surface area contributed by atoms with E-state index in [2.05, 4.69) is 81.1 Å². The first-order chi connectivity index (χ1) is 9.11. The standard InChI is InChI=1S/C14H14BrClINS/c1-2-7-18-13(9-3-5-10(17)6-4-9)12-8-11(15)14(16)19-12/h3-6,8,13,18H,2,7H2,1H3. The highest BCUT2D eigenvalue weighted by molar-refractivity contribution is 14.1. The van der Waals surface area contributed by atoms with Gasteiger partial charge in [0.05, 0.1) is 6.04 Å².